The first-order valence-electron chi connectivity index (χ1n) is 6.13. The van der Waals surface area contributed by atoms with Gasteiger partial charge in [0.05, 0.1) is 30.5 Å². The summed E-state index contributed by atoms with van der Waals surface area (Å²) in [7, 11) is 3.04. The molecular weight excluding hydrogens is 292 g/mol. The Hall–Kier alpha value is -2.40. The number of hydrogen-bond acceptors (Lipinski definition) is 4. The summed E-state index contributed by atoms with van der Waals surface area (Å²) in [6.07, 6.45) is 0. The van der Waals surface area contributed by atoms with Crippen LogP contribution in [0.2, 0.25) is 5.02 Å². The Balaban J connectivity index is 2.25. The van der Waals surface area contributed by atoms with Crippen molar-refractivity contribution in [3.05, 3.63) is 47.0 Å². The molecule has 6 heteroatoms. The zero-order valence-corrected chi connectivity index (χ0v) is 12.4. The summed E-state index contributed by atoms with van der Waals surface area (Å²) in [5.41, 5.74) is 7.03. The fraction of sp³-hybridized carbons (Fsp3) is 0.133. The lowest BCUT2D eigenvalue weighted by Crippen LogP contribution is -2.13. The molecule has 2 aromatic rings. The van der Waals surface area contributed by atoms with Gasteiger partial charge in [-0.3, -0.25) is 4.79 Å². The average molecular weight is 307 g/mol. The van der Waals surface area contributed by atoms with Gasteiger partial charge in [0.1, 0.15) is 11.5 Å². The van der Waals surface area contributed by atoms with Gasteiger partial charge < -0.3 is 20.5 Å². The average Bonchev–Trinajstić information content (AvgIpc) is 2.50. The van der Waals surface area contributed by atoms with Crippen molar-refractivity contribution in [2.45, 2.75) is 0 Å². The van der Waals surface area contributed by atoms with Crippen LogP contribution in [0.3, 0.4) is 0 Å². The van der Waals surface area contributed by atoms with Crippen LogP contribution in [0.1, 0.15) is 10.4 Å². The van der Waals surface area contributed by atoms with E-state index < -0.39 is 0 Å². The normalized spacial score (nSPS) is 10.0. The molecular formula is C15H15ClN2O3. The number of methoxy groups -OCH3 is 2. The predicted octanol–water partition coefficient (Wildman–Crippen LogP) is 3.19. The van der Waals surface area contributed by atoms with Crippen LogP contribution in [0, 0.1) is 0 Å². The summed E-state index contributed by atoms with van der Waals surface area (Å²) in [5.74, 6) is 0.725. The fourth-order valence-corrected chi connectivity index (χ4v) is 1.97. The summed E-state index contributed by atoms with van der Waals surface area (Å²) < 4.78 is 10.3. The van der Waals surface area contributed by atoms with Crippen molar-refractivity contribution in [1.29, 1.82) is 0 Å². The maximum atomic E-state index is 12.3. The maximum Gasteiger partial charge on any atom is 0.259 e. The predicted molar refractivity (Wildman–Crippen MR) is 83.4 cm³/mol. The number of halogens is 1. The quantitative estimate of drug-likeness (QED) is 0.851. The van der Waals surface area contributed by atoms with E-state index in [0.29, 0.717) is 33.5 Å². The number of anilines is 2. The minimum Gasteiger partial charge on any atom is -0.497 e. The zero-order valence-electron chi connectivity index (χ0n) is 11.6. The molecule has 0 bridgehead atoms. The highest BCUT2D eigenvalue weighted by atomic mass is 35.5. The molecule has 0 aliphatic carbocycles. The molecule has 1 amide bonds. The van der Waals surface area contributed by atoms with Gasteiger partial charge in [-0.2, -0.15) is 0 Å². The Bertz CT molecular complexity index is 674. The molecule has 0 aliphatic heterocycles. The summed E-state index contributed by atoms with van der Waals surface area (Å²) in [5, 5.41) is 3.12. The number of nitrogens with two attached hydrogens (primary N) is 1. The van der Waals surface area contributed by atoms with Gasteiger partial charge in [0.15, 0.2) is 0 Å². The molecule has 110 valence electrons. The first-order valence-corrected chi connectivity index (χ1v) is 6.51. The fourth-order valence-electron chi connectivity index (χ4n) is 1.79. The molecule has 5 nitrogen and oxygen atoms in total. The topological polar surface area (TPSA) is 73.6 Å². The number of rotatable bonds is 4. The monoisotopic (exact) mass is 306 g/mol. The standard InChI is InChI=1S/C15H15ClN2O3/c1-20-10-4-5-11(14(8-10)21-2)15(19)18-9-3-6-13(17)12(16)7-9/h3-8H,17H2,1-2H3,(H,18,19). The van der Waals surface area contributed by atoms with Crippen LogP contribution < -0.4 is 20.5 Å². The second kappa shape index (κ2) is 6.37. The van der Waals surface area contributed by atoms with E-state index in [2.05, 4.69) is 5.32 Å². The van der Waals surface area contributed by atoms with Gasteiger partial charge in [0, 0.05) is 11.8 Å². The van der Waals surface area contributed by atoms with Crippen LogP contribution in [0.15, 0.2) is 36.4 Å². The number of carbonyl (C=O) groups excluding carboxylic acids is 1. The van der Waals surface area contributed by atoms with Gasteiger partial charge in [-0.1, -0.05) is 11.6 Å². The highest BCUT2D eigenvalue weighted by Gasteiger charge is 2.14. The molecule has 0 heterocycles. The highest BCUT2D eigenvalue weighted by molar-refractivity contribution is 6.33. The van der Waals surface area contributed by atoms with Gasteiger partial charge in [-0.15, -0.1) is 0 Å². The number of amides is 1. The van der Waals surface area contributed by atoms with Gasteiger partial charge in [0.2, 0.25) is 0 Å². The van der Waals surface area contributed by atoms with Gasteiger partial charge in [-0.25, -0.2) is 0 Å². The molecule has 2 aromatic carbocycles. The second-order valence-electron chi connectivity index (χ2n) is 4.26. The SMILES string of the molecule is COc1ccc(C(=O)Nc2ccc(N)c(Cl)c2)c(OC)c1. The number of ether oxygens (including phenoxy) is 2. The largest absolute Gasteiger partial charge is 0.497 e. The van der Waals surface area contributed by atoms with Crippen LogP contribution in [0.25, 0.3) is 0 Å². The van der Waals surface area contributed by atoms with E-state index in [1.54, 1.807) is 43.5 Å². The van der Waals surface area contributed by atoms with E-state index >= 15 is 0 Å². The molecule has 21 heavy (non-hydrogen) atoms. The summed E-state index contributed by atoms with van der Waals surface area (Å²) >= 11 is 5.92. The van der Waals surface area contributed by atoms with Crippen LogP contribution in [-0.2, 0) is 0 Å². The van der Waals surface area contributed by atoms with Crippen molar-refractivity contribution in [2.24, 2.45) is 0 Å². The van der Waals surface area contributed by atoms with Gasteiger partial charge in [-0.05, 0) is 30.3 Å². The van der Waals surface area contributed by atoms with Crippen molar-refractivity contribution in [3.63, 3.8) is 0 Å². The van der Waals surface area contributed by atoms with E-state index in [-0.39, 0.29) is 5.91 Å². The molecule has 0 unspecified atom stereocenters. The Kier molecular flexibility index (Phi) is 4.55. The minimum atomic E-state index is -0.310. The van der Waals surface area contributed by atoms with Gasteiger partial charge >= 0.3 is 0 Å². The Morgan fingerprint density at radius 2 is 1.90 bits per heavy atom. The van der Waals surface area contributed by atoms with Crippen LogP contribution in [0.4, 0.5) is 11.4 Å². The summed E-state index contributed by atoms with van der Waals surface area (Å²) in [6.45, 7) is 0. The first kappa shape index (κ1) is 15.0. The minimum absolute atomic E-state index is 0.310. The highest BCUT2D eigenvalue weighted by Crippen LogP contribution is 2.27. The molecule has 3 N–H and O–H groups in total. The molecule has 0 aliphatic rings. The lowest BCUT2D eigenvalue weighted by molar-refractivity contribution is 0.102. The number of nitrogen functional groups attached to an aromatic ring is 1. The first-order chi connectivity index (χ1) is 10.0. The molecule has 0 aromatic heterocycles. The van der Waals surface area contributed by atoms with Crippen molar-refractivity contribution in [1.82, 2.24) is 0 Å². The van der Waals surface area contributed by atoms with Crippen LogP contribution in [0.5, 0.6) is 11.5 Å². The molecule has 0 spiro atoms. The van der Waals surface area contributed by atoms with Crippen molar-refractivity contribution in [2.75, 3.05) is 25.3 Å². The summed E-state index contributed by atoms with van der Waals surface area (Å²) in [6, 6.07) is 9.85. The van der Waals surface area contributed by atoms with E-state index in [1.165, 1.54) is 7.11 Å². The number of benzene rings is 2. The molecule has 2 rings (SSSR count). The van der Waals surface area contributed by atoms with E-state index in [0.717, 1.165) is 0 Å². The third-order valence-corrected chi connectivity index (χ3v) is 3.24. The van der Waals surface area contributed by atoms with E-state index in [9.17, 15) is 4.79 Å². The molecule has 0 saturated carbocycles. The molecule has 0 saturated heterocycles. The number of carbonyl (C=O) groups is 1. The van der Waals surface area contributed by atoms with Crippen molar-refractivity contribution < 1.29 is 14.3 Å². The van der Waals surface area contributed by atoms with Crippen LogP contribution in [-0.4, -0.2) is 20.1 Å². The lowest BCUT2D eigenvalue weighted by Gasteiger charge is -2.11. The smallest absolute Gasteiger partial charge is 0.259 e. The van der Waals surface area contributed by atoms with Gasteiger partial charge in [0.25, 0.3) is 5.91 Å². The third-order valence-electron chi connectivity index (χ3n) is 2.91. The van der Waals surface area contributed by atoms with Crippen LogP contribution >= 0.6 is 11.6 Å². The third kappa shape index (κ3) is 3.38. The Labute approximate surface area is 127 Å². The van der Waals surface area contributed by atoms with E-state index in [1.807, 2.05) is 0 Å². The Morgan fingerprint density at radius 3 is 2.52 bits per heavy atom. The molecule has 0 fully saturated rings. The lowest BCUT2D eigenvalue weighted by atomic mass is 10.1. The zero-order chi connectivity index (χ0) is 15.4. The van der Waals surface area contributed by atoms with E-state index in [4.69, 9.17) is 26.8 Å². The molecule has 0 radical (unpaired) electrons. The Morgan fingerprint density at radius 1 is 1.14 bits per heavy atom. The van der Waals surface area contributed by atoms with Crippen molar-refractivity contribution in [3.8, 4) is 11.5 Å². The summed E-state index contributed by atoms with van der Waals surface area (Å²) in [4.78, 5) is 12.3. The van der Waals surface area contributed by atoms with Crippen molar-refractivity contribution >= 4 is 28.9 Å². The molecule has 0 atom stereocenters. The maximum absolute atomic E-state index is 12.3. The number of nitrogens with one attached hydrogen (secondary N) is 1. The second-order valence-corrected chi connectivity index (χ2v) is 4.66. The number of hydrogen-bond donors (Lipinski definition) is 2.